The summed E-state index contributed by atoms with van der Waals surface area (Å²) in [6.07, 6.45) is 3.36. The maximum Gasteiger partial charge on any atom is 0.267 e. The highest BCUT2D eigenvalue weighted by Crippen LogP contribution is 2.34. The van der Waals surface area contributed by atoms with E-state index < -0.39 is 0 Å². The van der Waals surface area contributed by atoms with Crippen molar-refractivity contribution in [3.05, 3.63) is 52.1 Å². The van der Waals surface area contributed by atoms with E-state index in [4.69, 9.17) is 17.3 Å². The summed E-state index contributed by atoms with van der Waals surface area (Å²) >= 11 is 7.45. The predicted octanol–water partition coefficient (Wildman–Crippen LogP) is 4.09. The van der Waals surface area contributed by atoms with Gasteiger partial charge in [-0.1, -0.05) is 23.7 Å². The highest BCUT2D eigenvalue weighted by atomic mass is 35.5. The lowest BCUT2D eigenvalue weighted by atomic mass is 10.2. The first-order valence-corrected chi connectivity index (χ1v) is 7.46. The number of aryl methyl sites for hydroxylation is 1. The van der Waals surface area contributed by atoms with Crippen LogP contribution in [0.15, 0.2) is 36.7 Å². The molecule has 1 aromatic carbocycles. The van der Waals surface area contributed by atoms with Crippen molar-refractivity contribution in [1.29, 1.82) is 0 Å². The van der Waals surface area contributed by atoms with Crippen LogP contribution in [0.5, 0.6) is 0 Å². The number of fused-ring (bicyclic) bond motifs is 1. The number of nitrogens with zero attached hydrogens (tertiary/aromatic N) is 1. The van der Waals surface area contributed by atoms with Gasteiger partial charge >= 0.3 is 0 Å². The van der Waals surface area contributed by atoms with Crippen LogP contribution in [-0.2, 0) is 0 Å². The molecule has 0 aliphatic rings. The van der Waals surface area contributed by atoms with Crippen LogP contribution >= 0.6 is 22.9 Å². The van der Waals surface area contributed by atoms with Crippen molar-refractivity contribution in [2.75, 3.05) is 11.1 Å². The highest BCUT2D eigenvalue weighted by molar-refractivity contribution is 7.21. The van der Waals surface area contributed by atoms with Crippen molar-refractivity contribution in [2.45, 2.75) is 6.92 Å². The van der Waals surface area contributed by atoms with E-state index in [0.29, 0.717) is 21.3 Å². The van der Waals surface area contributed by atoms with Crippen molar-refractivity contribution in [3.63, 3.8) is 0 Å². The fraction of sp³-hybridized carbons (Fsp3) is 0.0667. The van der Waals surface area contributed by atoms with Gasteiger partial charge < -0.3 is 11.1 Å². The van der Waals surface area contributed by atoms with Crippen molar-refractivity contribution >= 4 is 50.3 Å². The van der Waals surface area contributed by atoms with E-state index in [1.165, 1.54) is 11.3 Å². The summed E-state index contributed by atoms with van der Waals surface area (Å²) in [7, 11) is 0. The molecule has 0 radical (unpaired) electrons. The number of nitrogen functional groups attached to an aromatic ring is 1. The van der Waals surface area contributed by atoms with E-state index in [2.05, 4.69) is 10.3 Å². The monoisotopic (exact) mass is 317 g/mol. The maximum absolute atomic E-state index is 12.4. The molecule has 0 bridgehead atoms. The van der Waals surface area contributed by atoms with Crippen molar-refractivity contribution in [2.24, 2.45) is 0 Å². The molecule has 1 amide bonds. The minimum Gasteiger partial charge on any atom is -0.397 e. The number of carbonyl (C=O) groups excluding carboxylic acids is 1. The Labute approximate surface area is 130 Å². The number of halogens is 1. The Balaban J connectivity index is 2.00. The second-order valence-corrected chi connectivity index (χ2v) is 6.06. The van der Waals surface area contributed by atoms with Gasteiger partial charge in [-0.05, 0) is 24.6 Å². The number of hydrogen-bond donors (Lipinski definition) is 2. The van der Waals surface area contributed by atoms with Crippen LogP contribution in [0, 0.1) is 6.92 Å². The molecule has 0 saturated heterocycles. The molecule has 0 saturated carbocycles. The number of hydrogen-bond acceptors (Lipinski definition) is 4. The second-order valence-electron chi connectivity index (χ2n) is 4.60. The summed E-state index contributed by atoms with van der Waals surface area (Å²) in [6, 6.07) is 7.27. The highest BCUT2D eigenvalue weighted by Gasteiger charge is 2.18. The van der Waals surface area contributed by atoms with Gasteiger partial charge in [0.2, 0.25) is 0 Å². The van der Waals surface area contributed by atoms with E-state index >= 15 is 0 Å². The molecule has 106 valence electrons. The van der Waals surface area contributed by atoms with Crippen LogP contribution in [0.25, 0.3) is 10.1 Å². The molecule has 4 nitrogen and oxygen atoms in total. The van der Waals surface area contributed by atoms with Crippen LogP contribution in [-0.4, -0.2) is 10.9 Å². The molecule has 21 heavy (non-hydrogen) atoms. The van der Waals surface area contributed by atoms with Gasteiger partial charge in [0.25, 0.3) is 5.91 Å². The topological polar surface area (TPSA) is 68.0 Å². The van der Waals surface area contributed by atoms with E-state index in [0.717, 1.165) is 15.6 Å². The Morgan fingerprint density at radius 1 is 1.38 bits per heavy atom. The molecule has 0 fully saturated rings. The minimum atomic E-state index is -0.259. The molecule has 0 unspecified atom stereocenters. The van der Waals surface area contributed by atoms with Gasteiger partial charge in [-0.15, -0.1) is 11.3 Å². The molecule has 2 aromatic heterocycles. The molecule has 6 heteroatoms. The summed E-state index contributed by atoms with van der Waals surface area (Å²) in [6.45, 7) is 1.89. The fourth-order valence-corrected chi connectivity index (χ4v) is 3.35. The zero-order chi connectivity index (χ0) is 15.0. The zero-order valence-corrected chi connectivity index (χ0v) is 12.8. The van der Waals surface area contributed by atoms with Crippen LogP contribution in [0.4, 0.5) is 11.4 Å². The third kappa shape index (κ3) is 2.46. The largest absolute Gasteiger partial charge is 0.397 e. The molecule has 3 aromatic rings. The van der Waals surface area contributed by atoms with E-state index in [1.54, 1.807) is 24.5 Å². The number of pyridine rings is 1. The summed E-state index contributed by atoms with van der Waals surface area (Å²) in [5.74, 6) is -0.259. The first kappa shape index (κ1) is 13.9. The Hall–Kier alpha value is -2.11. The van der Waals surface area contributed by atoms with Gasteiger partial charge in [-0.25, -0.2) is 0 Å². The number of amides is 1. The first-order valence-electron chi connectivity index (χ1n) is 6.26. The Morgan fingerprint density at radius 2 is 2.19 bits per heavy atom. The average molecular weight is 318 g/mol. The number of thiophene rings is 1. The van der Waals surface area contributed by atoms with Crippen LogP contribution < -0.4 is 11.1 Å². The predicted molar refractivity (Wildman–Crippen MR) is 88.2 cm³/mol. The lowest BCUT2D eigenvalue weighted by molar-refractivity contribution is 0.103. The van der Waals surface area contributed by atoms with Gasteiger partial charge in [-0.2, -0.15) is 0 Å². The fourth-order valence-electron chi connectivity index (χ4n) is 2.10. The van der Waals surface area contributed by atoms with Crippen molar-refractivity contribution < 1.29 is 4.79 Å². The van der Waals surface area contributed by atoms with Crippen LogP contribution in [0.3, 0.4) is 0 Å². The number of anilines is 2. The molecule has 0 spiro atoms. The first-order chi connectivity index (χ1) is 10.1. The summed E-state index contributed by atoms with van der Waals surface area (Å²) in [5, 5.41) is 4.18. The standard InChI is InChI=1S/C15H12ClN3OS/c1-8-3-2-4-10(16)13(8)19-15(20)14-12(17)9-5-6-18-7-11(9)21-14/h2-7H,17H2,1H3,(H,19,20). The van der Waals surface area contributed by atoms with Crippen LogP contribution in [0.1, 0.15) is 15.2 Å². The van der Waals surface area contributed by atoms with Gasteiger partial charge in [0, 0.05) is 17.8 Å². The molecular formula is C15H12ClN3OS. The summed E-state index contributed by atoms with van der Waals surface area (Å²) < 4.78 is 0.885. The lowest BCUT2D eigenvalue weighted by Gasteiger charge is -2.09. The molecule has 0 aliphatic heterocycles. The molecule has 3 rings (SSSR count). The smallest absolute Gasteiger partial charge is 0.267 e. The SMILES string of the molecule is Cc1cccc(Cl)c1NC(=O)c1sc2cnccc2c1N. The van der Waals surface area contributed by atoms with Crippen molar-refractivity contribution in [3.8, 4) is 0 Å². The molecule has 2 heterocycles. The van der Waals surface area contributed by atoms with E-state index in [9.17, 15) is 4.79 Å². The minimum absolute atomic E-state index is 0.259. The maximum atomic E-state index is 12.4. The quantitative estimate of drug-likeness (QED) is 0.748. The normalized spacial score (nSPS) is 10.8. The third-order valence-electron chi connectivity index (χ3n) is 3.20. The number of nitrogens with two attached hydrogens (primary N) is 1. The second kappa shape index (κ2) is 5.35. The van der Waals surface area contributed by atoms with E-state index in [-0.39, 0.29) is 5.91 Å². The molecular weight excluding hydrogens is 306 g/mol. The van der Waals surface area contributed by atoms with Crippen molar-refractivity contribution in [1.82, 2.24) is 4.98 Å². The van der Waals surface area contributed by atoms with Gasteiger partial charge in [0.15, 0.2) is 0 Å². The molecule has 0 aliphatic carbocycles. The Morgan fingerprint density at radius 3 is 2.90 bits per heavy atom. The number of para-hydroxylation sites is 1. The lowest BCUT2D eigenvalue weighted by Crippen LogP contribution is -2.13. The van der Waals surface area contributed by atoms with E-state index in [1.807, 2.05) is 19.1 Å². The van der Waals surface area contributed by atoms with Gasteiger partial charge in [0.05, 0.1) is 21.1 Å². The van der Waals surface area contributed by atoms with Gasteiger partial charge in [-0.3, -0.25) is 9.78 Å². The number of rotatable bonds is 2. The molecule has 0 atom stereocenters. The molecule has 3 N–H and O–H groups in total. The number of nitrogens with one attached hydrogen (secondary N) is 1. The summed E-state index contributed by atoms with van der Waals surface area (Å²) in [4.78, 5) is 17.0. The summed E-state index contributed by atoms with van der Waals surface area (Å²) in [5.41, 5.74) is 8.04. The third-order valence-corrected chi connectivity index (χ3v) is 4.67. The average Bonchev–Trinajstić information content (AvgIpc) is 2.81. The number of aromatic nitrogens is 1. The Kier molecular flexibility index (Phi) is 3.53. The zero-order valence-electron chi connectivity index (χ0n) is 11.2. The van der Waals surface area contributed by atoms with Gasteiger partial charge in [0.1, 0.15) is 4.88 Å². The number of benzene rings is 1. The number of carbonyl (C=O) groups is 1. The van der Waals surface area contributed by atoms with Crippen LogP contribution in [0.2, 0.25) is 5.02 Å². The Bertz CT molecular complexity index is 824.